The van der Waals surface area contributed by atoms with Gasteiger partial charge in [0.25, 0.3) is 5.91 Å². The van der Waals surface area contributed by atoms with Gasteiger partial charge in [-0.2, -0.15) is 0 Å². The molecule has 0 bridgehead atoms. The standard InChI is InChI=1S/C18H24N4O/c1-4-6-11-19-17-12-16(20-13(3)21-17)18(23)22-15-10-8-7-9-14(15)5-2/h7-10,12H,4-6,11H2,1-3H3,(H,22,23)(H,19,20,21). The first-order valence-corrected chi connectivity index (χ1v) is 8.12. The fourth-order valence-corrected chi connectivity index (χ4v) is 2.30. The van der Waals surface area contributed by atoms with E-state index in [2.05, 4.69) is 34.4 Å². The summed E-state index contributed by atoms with van der Waals surface area (Å²) in [5.74, 6) is 1.07. The first-order valence-electron chi connectivity index (χ1n) is 8.12. The fourth-order valence-electron chi connectivity index (χ4n) is 2.30. The third kappa shape index (κ3) is 4.77. The van der Waals surface area contributed by atoms with E-state index in [1.807, 2.05) is 24.3 Å². The van der Waals surface area contributed by atoms with Crippen LogP contribution in [-0.4, -0.2) is 22.4 Å². The summed E-state index contributed by atoms with van der Waals surface area (Å²) >= 11 is 0. The zero-order valence-electron chi connectivity index (χ0n) is 14.0. The third-order valence-corrected chi connectivity index (χ3v) is 3.55. The van der Waals surface area contributed by atoms with E-state index >= 15 is 0 Å². The second kappa shape index (κ2) is 8.27. The highest BCUT2D eigenvalue weighted by Crippen LogP contribution is 2.17. The number of hydrogen-bond acceptors (Lipinski definition) is 4. The van der Waals surface area contributed by atoms with E-state index in [4.69, 9.17) is 0 Å². The van der Waals surface area contributed by atoms with Crippen molar-refractivity contribution in [1.82, 2.24) is 9.97 Å². The Morgan fingerprint density at radius 3 is 2.70 bits per heavy atom. The maximum absolute atomic E-state index is 12.5. The Morgan fingerprint density at radius 1 is 1.17 bits per heavy atom. The number of nitrogens with one attached hydrogen (secondary N) is 2. The van der Waals surface area contributed by atoms with Crippen LogP contribution in [0.5, 0.6) is 0 Å². The fraction of sp³-hybridized carbons (Fsp3) is 0.389. The molecule has 1 aromatic carbocycles. The minimum absolute atomic E-state index is 0.213. The van der Waals surface area contributed by atoms with Crippen molar-refractivity contribution in [1.29, 1.82) is 0 Å². The number of aryl methyl sites for hydroxylation is 2. The van der Waals surface area contributed by atoms with Gasteiger partial charge in [-0.25, -0.2) is 9.97 Å². The van der Waals surface area contributed by atoms with Gasteiger partial charge in [0.1, 0.15) is 17.3 Å². The molecule has 0 aliphatic heterocycles. The predicted molar refractivity (Wildman–Crippen MR) is 93.9 cm³/mol. The molecule has 5 nitrogen and oxygen atoms in total. The predicted octanol–water partition coefficient (Wildman–Crippen LogP) is 3.81. The number of rotatable bonds is 7. The van der Waals surface area contributed by atoms with E-state index in [1.54, 1.807) is 13.0 Å². The molecule has 1 heterocycles. The van der Waals surface area contributed by atoms with E-state index in [1.165, 1.54) is 0 Å². The number of anilines is 2. The number of nitrogens with zero attached hydrogens (tertiary/aromatic N) is 2. The molecule has 1 amide bonds. The molecular weight excluding hydrogens is 288 g/mol. The van der Waals surface area contributed by atoms with E-state index in [0.717, 1.165) is 37.1 Å². The Bertz CT molecular complexity index is 670. The summed E-state index contributed by atoms with van der Waals surface area (Å²) in [6.07, 6.45) is 3.04. The average Bonchev–Trinajstić information content (AvgIpc) is 2.55. The summed E-state index contributed by atoms with van der Waals surface area (Å²) in [5, 5.41) is 6.18. The van der Waals surface area contributed by atoms with E-state index in [9.17, 15) is 4.79 Å². The molecule has 0 aliphatic rings. The number of carbonyl (C=O) groups is 1. The van der Waals surface area contributed by atoms with Crippen molar-refractivity contribution in [2.45, 2.75) is 40.0 Å². The van der Waals surface area contributed by atoms with Gasteiger partial charge < -0.3 is 10.6 Å². The van der Waals surface area contributed by atoms with Crippen LogP contribution in [0.25, 0.3) is 0 Å². The van der Waals surface area contributed by atoms with Crippen LogP contribution in [0.2, 0.25) is 0 Å². The number of unbranched alkanes of at least 4 members (excludes halogenated alkanes) is 1. The van der Waals surface area contributed by atoms with Gasteiger partial charge in [0.15, 0.2) is 0 Å². The van der Waals surface area contributed by atoms with E-state index in [-0.39, 0.29) is 5.91 Å². The molecule has 0 aliphatic carbocycles. The van der Waals surface area contributed by atoms with Gasteiger partial charge in [0.05, 0.1) is 0 Å². The lowest BCUT2D eigenvalue weighted by atomic mass is 10.1. The van der Waals surface area contributed by atoms with Gasteiger partial charge in [0.2, 0.25) is 0 Å². The van der Waals surface area contributed by atoms with Gasteiger partial charge in [0, 0.05) is 18.3 Å². The van der Waals surface area contributed by atoms with Gasteiger partial charge in [-0.05, 0) is 31.4 Å². The summed E-state index contributed by atoms with van der Waals surface area (Å²) in [7, 11) is 0. The van der Waals surface area contributed by atoms with E-state index < -0.39 is 0 Å². The van der Waals surface area contributed by atoms with Crippen LogP contribution in [0, 0.1) is 6.92 Å². The lowest BCUT2D eigenvalue weighted by Crippen LogP contribution is -2.17. The minimum atomic E-state index is -0.213. The van der Waals surface area contributed by atoms with Crippen LogP contribution in [0.4, 0.5) is 11.5 Å². The second-order valence-electron chi connectivity index (χ2n) is 5.43. The largest absolute Gasteiger partial charge is 0.370 e. The number of amides is 1. The molecule has 0 spiro atoms. The zero-order chi connectivity index (χ0) is 16.7. The Labute approximate surface area is 137 Å². The van der Waals surface area contributed by atoms with Crippen LogP contribution in [-0.2, 0) is 6.42 Å². The zero-order valence-corrected chi connectivity index (χ0v) is 14.0. The first kappa shape index (κ1) is 16.9. The van der Waals surface area contributed by atoms with Crippen molar-refractivity contribution in [3.05, 3.63) is 47.4 Å². The molecule has 0 saturated heterocycles. The lowest BCUT2D eigenvalue weighted by molar-refractivity contribution is 0.102. The summed E-state index contributed by atoms with van der Waals surface area (Å²) < 4.78 is 0. The highest BCUT2D eigenvalue weighted by molar-refractivity contribution is 6.03. The van der Waals surface area contributed by atoms with Crippen molar-refractivity contribution in [3.8, 4) is 0 Å². The molecule has 0 saturated carbocycles. The van der Waals surface area contributed by atoms with Crippen LogP contribution in [0.3, 0.4) is 0 Å². The van der Waals surface area contributed by atoms with Crippen molar-refractivity contribution in [3.63, 3.8) is 0 Å². The molecule has 2 aromatic rings. The maximum Gasteiger partial charge on any atom is 0.274 e. The molecule has 0 unspecified atom stereocenters. The number of aromatic nitrogens is 2. The number of para-hydroxylation sites is 1. The Hall–Kier alpha value is -2.43. The Balaban J connectivity index is 2.15. The second-order valence-corrected chi connectivity index (χ2v) is 5.43. The Morgan fingerprint density at radius 2 is 1.96 bits per heavy atom. The SMILES string of the molecule is CCCCNc1cc(C(=O)Nc2ccccc2CC)nc(C)n1. The van der Waals surface area contributed by atoms with Crippen LogP contribution >= 0.6 is 0 Å². The van der Waals surface area contributed by atoms with Crippen molar-refractivity contribution < 1.29 is 4.79 Å². The topological polar surface area (TPSA) is 66.9 Å². The van der Waals surface area contributed by atoms with E-state index in [0.29, 0.717) is 17.3 Å². The van der Waals surface area contributed by atoms with Gasteiger partial charge >= 0.3 is 0 Å². The van der Waals surface area contributed by atoms with Crippen molar-refractivity contribution in [2.24, 2.45) is 0 Å². The quantitative estimate of drug-likeness (QED) is 0.763. The van der Waals surface area contributed by atoms with Gasteiger partial charge in [-0.15, -0.1) is 0 Å². The number of benzene rings is 1. The molecule has 122 valence electrons. The van der Waals surface area contributed by atoms with Crippen molar-refractivity contribution in [2.75, 3.05) is 17.2 Å². The molecule has 2 rings (SSSR count). The summed E-state index contributed by atoms with van der Waals surface area (Å²) in [6.45, 7) is 6.83. The van der Waals surface area contributed by atoms with Gasteiger partial charge in [-0.3, -0.25) is 4.79 Å². The minimum Gasteiger partial charge on any atom is -0.370 e. The first-order chi connectivity index (χ1) is 11.1. The molecule has 2 N–H and O–H groups in total. The third-order valence-electron chi connectivity index (χ3n) is 3.55. The van der Waals surface area contributed by atoms with Crippen molar-refractivity contribution >= 4 is 17.4 Å². The monoisotopic (exact) mass is 312 g/mol. The Kier molecular flexibility index (Phi) is 6.09. The highest BCUT2D eigenvalue weighted by Gasteiger charge is 2.12. The molecule has 0 radical (unpaired) electrons. The number of carbonyl (C=O) groups excluding carboxylic acids is 1. The average molecular weight is 312 g/mol. The van der Waals surface area contributed by atoms with Crippen LogP contribution in [0.1, 0.15) is 48.6 Å². The molecule has 1 aromatic heterocycles. The smallest absolute Gasteiger partial charge is 0.274 e. The normalized spacial score (nSPS) is 10.4. The molecule has 0 fully saturated rings. The lowest BCUT2D eigenvalue weighted by Gasteiger charge is -2.11. The molecule has 23 heavy (non-hydrogen) atoms. The van der Waals surface area contributed by atoms with Crippen LogP contribution in [0.15, 0.2) is 30.3 Å². The summed E-state index contributed by atoms with van der Waals surface area (Å²) in [4.78, 5) is 21.1. The summed E-state index contributed by atoms with van der Waals surface area (Å²) in [5.41, 5.74) is 2.31. The maximum atomic E-state index is 12.5. The molecule has 5 heteroatoms. The number of hydrogen-bond donors (Lipinski definition) is 2. The van der Waals surface area contributed by atoms with Gasteiger partial charge in [-0.1, -0.05) is 38.5 Å². The summed E-state index contributed by atoms with van der Waals surface area (Å²) in [6, 6.07) is 9.51. The molecule has 0 atom stereocenters. The molecular formula is C18H24N4O. The van der Waals surface area contributed by atoms with Crippen LogP contribution < -0.4 is 10.6 Å². The highest BCUT2D eigenvalue weighted by atomic mass is 16.1.